The Kier molecular flexibility index (Phi) is 9.57. The van der Waals surface area contributed by atoms with E-state index in [0.717, 1.165) is 42.7 Å². The van der Waals surface area contributed by atoms with Gasteiger partial charge in [0.15, 0.2) is 5.13 Å². The molecule has 0 fully saturated rings. The summed E-state index contributed by atoms with van der Waals surface area (Å²) in [7, 11) is 0. The summed E-state index contributed by atoms with van der Waals surface area (Å²) in [4.78, 5) is 16.0. The van der Waals surface area contributed by atoms with Crippen LogP contribution in [-0.2, 0) is 4.74 Å². The van der Waals surface area contributed by atoms with Gasteiger partial charge >= 0.3 is 6.09 Å². The maximum Gasteiger partial charge on any atom is 0.413 e. The van der Waals surface area contributed by atoms with Gasteiger partial charge in [-0.05, 0) is 31.4 Å². The number of anilines is 1. The molecule has 152 valence electrons. The van der Waals surface area contributed by atoms with Gasteiger partial charge in [0.05, 0.1) is 18.9 Å². The topological polar surface area (TPSA) is 96.3 Å². The number of unbranched alkanes of at least 4 members (excludes halogenated alkanes) is 2. The normalized spacial score (nSPS) is 10.4. The molecule has 2 rings (SSSR count). The van der Waals surface area contributed by atoms with E-state index in [1.165, 1.54) is 11.3 Å². The number of alkyl halides is 1. The number of hydrogen-bond donors (Lipinski definition) is 3. The molecular formula is C19H25ClN4O3S. The number of nitrogens with zero attached hydrogens (tertiary/aromatic N) is 1. The Morgan fingerprint density at radius 2 is 2.14 bits per heavy atom. The number of rotatable bonds is 10. The lowest BCUT2D eigenvalue weighted by Crippen LogP contribution is -2.35. The number of halogens is 1. The van der Waals surface area contributed by atoms with E-state index in [0.29, 0.717) is 24.2 Å². The number of carbonyl (C=O) groups excluding carboxylic acids is 1. The molecule has 3 N–H and O–H groups in total. The average molecular weight is 425 g/mol. The van der Waals surface area contributed by atoms with Gasteiger partial charge in [0.2, 0.25) is 5.96 Å². The second-order valence-electron chi connectivity index (χ2n) is 5.92. The molecule has 0 aliphatic rings. The van der Waals surface area contributed by atoms with Crippen molar-refractivity contribution in [3.05, 3.63) is 29.6 Å². The minimum absolute atomic E-state index is 0.182. The van der Waals surface area contributed by atoms with Gasteiger partial charge in [-0.15, -0.1) is 22.9 Å². The maximum atomic E-state index is 11.6. The van der Waals surface area contributed by atoms with E-state index in [1.54, 1.807) is 0 Å². The standard InChI is InChI=1S/C19H25ClN4O3S/c1-2-3-10-27-19(25)24-17(21)23-18-22-16(13-28-18)14-7-6-8-15(12-14)26-11-5-4-9-20/h6-8,12-13H,2-5,9-11H2,1H3,(H3,21,22,23,24,25). The molecule has 0 radical (unpaired) electrons. The van der Waals surface area contributed by atoms with E-state index < -0.39 is 6.09 Å². The lowest BCUT2D eigenvalue weighted by molar-refractivity contribution is 0.150. The van der Waals surface area contributed by atoms with Crippen LogP contribution in [0.4, 0.5) is 9.93 Å². The van der Waals surface area contributed by atoms with Crippen LogP contribution in [0, 0.1) is 5.41 Å². The Morgan fingerprint density at radius 1 is 1.29 bits per heavy atom. The summed E-state index contributed by atoms with van der Waals surface area (Å²) in [5.74, 6) is 1.23. The molecule has 0 atom stereocenters. The fourth-order valence-corrected chi connectivity index (χ4v) is 3.09. The van der Waals surface area contributed by atoms with Gasteiger partial charge < -0.3 is 14.8 Å². The zero-order valence-corrected chi connectivity index (χ0v) is 17.4. The summed E-state index contributed by atoms with van der Waals surface area (Å²) >= 11 is 7.01. The van der Waals surface area contributed by atoms with E-state index >= 15 is 0 Å². The first kappa shape index (κ1) is 22.0. The molecule has 1 aromatic carbocycles. The first-order valence-electron chi connectivity index (χ1n) is 9.16. The molecule has 0 saturated heterocycles. The number of hydrogen-bond acceptors (Lipinski definition) is 6. The molecule has 0 spiro atoms. The van der Waals surface area contributed by atoms with Crippen molar-refractivity contribution >= 4 is 40.1 Å². The van der Waals surface area contributed by atoms with Crippen molar-refractivity contribution in [1.82, 2.24) is 10.3 Å². The van der Waals surface area contributed by atoms with Crippen LogP contribution in [0.2, 0.25) is 0 Å². The highest BCUT2D eigenvalue weighted by molar-refractivity contribution is 7.14. The van der Waals surface area contributed by atoms with Gasteiger partial charge in [-0.25, -0.2) is 9.78 Å². The van der Waals surface area contributed by atoms with Gasteiger partial charge in [0.1, 0.15) is 5.75 Å². The van der Waals surface area contributed by atoms with Crippen LogP contribution in [0.25, 0.3) is 11.3 Å². The highest BCUT2D eigenvalue weighted by Gasteiger charge is 2.10. The fourth-order valence-electron chi connectivity index (χ4n) is 2.18. The molecule has 2 aromatic rings. The average Bonchev–Trinajstić information content (AvgIpc) is 3.14. The van der Waals surface area contributed by atoms with Crippen molar-refractivity contribution in [2.45, 2.75) is 32.6 Å². The van der Waals surface area contributed by atoms with Crippen LogP contribution in [-0.4, -0.2) is 36.1 Å². The monoisotopic (exact) mass is 424 g/mol. The first-order valence-corrected chi connectivity index (χ1v) is 10.6. The molecule has 1 amide bonds. The third-order valence-corrected chi connectivity index (χ3v) is 4.65. The van der Waals surface area contributed by atoms with Crippen molar-refractivity contribution in [1.29, 1.82) is 5.41 Å². The van der Waals surface area contributed by atoms with Gasteiger partial charge in [-0.2, -0.15) is 0 Å². The van der Waals surface area contributed by atoms with E-state index in [2.05, 4.69) is 15.6 Å². The van der Waals surface area contributed by atoms with Gasteiger partial charge in [-0.3, -0.25) is 10.7 Å². The second-order valence-corrected chi connectivity index (χ2v) is 7.16. The van der Waals surface area contributed by atoms with E-state index in [1.807, 2.05) is 36.6 Å². The number of thiazole rings is 1. The molecule has 0 saturated carbocycles. The van der Waals surface area contributed by atoms with Crippen LogP contribution < -0.4 is 15.4 Å². The number of aromatic nitrogens is 1. The molecule has 0 aliphatic heterocycles. The summed E-state index contributed by atoms with van der Waals surface area (Å²) in [5.41, 5.74) is 1.68. The van der Waals surface area contributed by atoms with Crippen LogP contribution >= 0.6 is 22.9 Å². The Hall–Kier alpha value is -2.32. The lowest BCUT2D eigenvalue weighted by atomic mass is 10.2. The number of carbonyl (C=O) groups is 1. The quantitative estimate of drug-likeness (QED) is 0.214. The van der Waals surface area contributed by atoms with Gasteiger partial charge in [-0.1, -0.05) is 25.5 Å². The predicted octanol–water partition coefficient (Wildman–Crippen LogP) is 5.08. The summed E-state index contributed by atoms with van der Waals surface area (Å²) in [6.07, 6.45) is 2.91. The molecule has 1 aromatic heterocycles. The van der Waals surface area contributed by atoms with E-state index in [4.69, 9.17) is 26.5 Å². The SMILES string of the molecule is CCCCOC(=O)NC(=N)Nc1nc(-c2cccc(OCCCCCl)c2)cs1. The number of benzene rings is 1. The predicted molar refractivity (Wildman–Crippen MR) is 114 cm³/mol. The Balaban J connectivity index is 1.87. The molecule has 9 heteroatoms. The lowest BCUT2D eigenvalue weighted by Gasteiger charge is -2.08. The number of guanidine groups is 1. The first-order chi connectivity index (χ1) is 13.6. The van der Waals surface area contributed by atoms with Crippen LogP contribution in [0.5, 0.6) is 5.75 Å². The minimum Gasteiger partial charge on any atom is -0.494 e. The van der Waals surface area contributed by atoms with Crippen LogP contribution in [0.15, 0.2) is 29.6 Å². The van der Waals surface area contributed by atoms with Crippen molar-refractivity contribution < 1.29 is 14.3 Å². The highest BCUT2D eigenvalue weighted by atomic mass is 35.5. The van der Waals surface area contributed by atoms with Crippen molar-refractivity contribution in [3.8, 4) is 17.0 Å². The highest BCUT2D eigenvalue weighted by Crippen LogP contribution is 2.27. The Morgan fingerprint density at radius 3 is 2.93 bits per heavy atom. The maximum absolute atomic E-state index is 11.6. The van der Waals surface area contributed by atoms with Gasteiger partial charge in [0, 0.05) is 16.8 Å². The largest absolute Gasteiger partial charge is 0.494 e. The number of ether oxygens (including phenoxy) is 2. The van der Waals surface area contributed by atoms with Crippen LogP contribution in [0.3, 0.4) is 0 Å². The fraction of sp³-hybridized carbons (Fsp3) is 0.421. The molecule has 0 unspecified atom stereocenters. The minimum atomic E-state index is -0.651. The molecule has 28 heavy (non-hydrogen) atoms. The number of nitrogens with one attached hydrogen (secondary N) is 3. The molecular weight excluding hydrogens is 400 g/mol. The third kappa shape index (κ3) is 7.74. The molecule has 1 heterocycles. The third-order valence-electron chi connectivity index (χ3n) is 3.62. The molecule has 0 bridgehead atoms. The van der Waals surface area contributed by atoms with Gasteiger partial charge in [0.25, 0.3) is 0 Å². The summed E-state index contributed by atoms with van der Waals surface area (Å²) < 4.78 is 10.7. The zero-order chi connectivity index (χ0) is 20.2. The van der Waals surface area contributed by atoms with Crippen molar-refractivity contribution in [2.24, 2.45) is 0 Å². The van der Waals surface area contributed by atoms with Crippen molar-refractivity contribution in [3.63, 3.8) is 0 Å². The van der Waals surface area contributed by atoms with E-state index in [9.17, 15) is 4.79 Å². The zero-order valence-electron chi connectivity index (χ0n) is 15.8. The molecule has 7 nitrogen and oxygen atoms in total. The summed E-state index contributed by atoms with van der Waals surface area (Å²) in [6.45, 7) is 2.97. The smallest absolute Gasteiger partial charge is 0.413 e. The second kappa shape index (κ2) is 12.2. The number of amides is 1. The van der Waals surface area contributed by atoms with Crippen LogP contribution in [0.1, 0.15) is 32.6 Å². The summed E-state index contributed by atoms with van der Waals surface area (Å²) in [5, 5.41) is 15.3. The Bertz CT molecular complexity index is 769. The Labute approximate surface area is 173 Å². The van der Waals surface area contributed by atoms with E-state index in [-0.39, 0.29) is 5.96 Å². The number of alkyl carbamates (subject to hydrolysis) is 1. The summed E-state index contributed by atoms with van der Waals surface area (Å²) in [6, 6.07) is 7.68. The van der Waals surface area contributed by atoms with Crippen molar-refractivity contribution in [2.75, 3.05) is 24.4 Å². The molecule has 0 aliphatic carbocycles.